The van der Waals surface area contributed by atoms with Crippen molar-refractivity contribution in [3.05, 3.63) is 48.7 Å². The summed E-state index contributed by atoms with van der Waals surface area (Å²) in [4.78, 5) is 16.9. The fourth-order valence-corrected chi connectivity index (χ4v) is 3.15. The maximum absolute atomic E-state index is 12.5. The molecule has 8 heteroatoms. The zero-order valence-electron chi connectivity index (χ0n) is 15.9. The van der Waals surface area contributed by atoms with Gasteiger partial charge in [0.05, 0.1) is 23.8 Å². The van der Waals surface area contributed by atoms with Crippen LogP contribution in [-0.4, -0.2) is 30.5 Å². The van der Waals surface area contributed by atoms with E-state index in [0.717, 1.165) is 47.3 Å². The van der Waals surface area contributed by atoms with E-state index in [0.29, 0.717) is 5.82 Å². The van der Waals surface area contributed by atoms with Crippen molar-refractivity contribution in [2.45, 2.75) is 39.8 Å². The summed E-state index contributed by atoms with van der Waals surface area (Å²) >= 11 is 0. The topological polar surface area (TPSA) is 90.8 Å². The van der Waals surface area contributed by atoms with Gasteiger partial charge in [-0.05, 0) is 25.5 Å². The van der Waals surface area contributed by atoms with Crippen molar-refractivity contribution in [3.63, 3.8) is 0 Å². The van der Waals surface area contributed by atoms with Crippen molar-refractivity contribution in [2.24, 2.45) is 0 Å². The van der Waals surface area contributed by atoms with E-state index in [1.807, 2.05) is 36.0 Å². The average molecular weight is 378 g/mol. The van der Waals surface area contributed by atoms with Gasteiger partial charge in [0.15, 0.2) is 0 Å². The normalized spacial score (nSPS) is 11.2. The second-order valence-electron chi connectivity index (χ2n) is 6.71. The van der Waals surface area contributed by atoms with Gasteiger partial charge in [-0.1, -0.05) is 13.3 Å². The number of carbonyl (C=O) groups excluding carboxylic acids is 1. The van der Waals surface area contributed by atoms with Gasteiger partial charge in [-0.25, -0.2) is 4.68 Å². The Morgan fingerprint density at radius 3 is 3.07 bits per heavy atom. The minimum absolute atomic E-state index is 0.110. The van der Waals surface area contributed by atoms with E-state index in [1.54, 1.807) is 23.3 Å². The van der Waals surface area contributed by atoms with Gasteiger partial charge in [0.2, 0.25) is 5.91 Å². The molecular weight excluding hydrogens is 356 g/mol. The number of unbranched alkanes of at least 4 members (excludes halogenated alkanes) is 1. The fraction of sp³-hybridized carbons (Fsp3) is 0.300. The molecule has 0 saturated heterocycles. The largest absolute Gasteiger partial charge is 0.464 e. The van der Waals surface area contributed by atoms with Crippen LogP contribution in [0, 0.1) is 6.92 Å². The molecule has 0 aliphatic carbocycles. The number of nitrogens with zero attached hydrogens (tertiary/aromatic N) is 5. The molecule has 0 fully saturated rings. The number of aromatic nitrogens is 5. The zero-order valence-corrected chi connectivity index (χ0v) is 15.9. The van der Waals surface area contributed by atoms with Crippen LogP contribution in [0.15, 0.2) is 47.5 Å². The van der Waals surface area contributed by atoms with Crippen LogP contribution in [0.4, 0.5) is 5.82 Å². The van der Waals surface area contributed by atoms with E-state index in [9.17, 15) is 4.79 Å². The molecule has 0 bridgehead atoms. The lowest BCUT2D eigenvalue weighted by atomic mass is 10.1. The molecule has 8 nitrogen and oxygen atoms in total. The molecule has 0 aliphatic heterocycles. The summed E-state index contributed by atoms with van der Waals surface area (Å²) in [6.07, 6.45) is 8.94. The Bertz CT molecular complexity index is 1110. The first-order valence-electron chi connectivity index (χ1n) is 9.33. The molecule has 28 heavy (non-hydrogen) atoms. The number of anilines is 1. The number of pyridine rings is 1. The van der Waals surface area contributed by atoms with Crippen molar-refractivity contribution in [3.8, 4) is 11.3 Å². The van der Waals surface area contributed by atoms with Gasteiger partial charge in [-0.15, -0.1) is 0 Å². The third kappa shape index (κ3) is 3.66. The van der Waals surface area contributed by atoms with Crippen LogP contribution in [0.3, 0.4) is 0 Å². The Morgan fingerprint density at radius 2 is 2.21 bits per heavy atom. The van der Waals surface area contributed by atoms with E-state index in [-0.39, 0.29) is 12.5 Å². The standard InChI is InChI=1S/C20H22N6O2/c1-3-4-8-26-18(10-14(2)24-26)23-19(27)13-25-12-15(11-22-25)20-16-6-9-28-17(16)5-7-21-20/h5-7,9-12H,3-4,8,13H2,1-2H3,(H,23,27). The number of aryl methyl sites for hydroxylation is 2. The van der Waals surface area contributed by atoms with Crippen LogP contribution < -0.4 is 5.32 Å². The van der Waals surface area contributed by atoms with Gasteiger partial charge in [-0.3, -0.25) is 14.5 Å². The van der Waals surface area contributed by atoms with Crippen molar-refractivity contribution >= 4 is 22.7 Å². The van der Waals surface area contributed by atoms with Crippen molar-refractivity contribution < 1.29 is 9.21 Å². The number of hydrogen-bond acceptors (Lipinski definition) is 5. The molecule has 0 atom stereocenters. The number of carbonyl (C=O) groups is 1. The highest BCUT2D eigenvalue weighted by molar-refractivity contribution is 5.91. The van der Waals surface area contributed by atoms with Crippen molar-refractivity contribution in [1.29, 1.82) is 0 Å². The first-order valence-corrected chi connectivity index (χ1v) is 9.33. The first kappa shape index (κ1) is 18.0. The molecule has 4 rings (SSSR count). The van der Waals surface area contributed by atoms with Crippen LogP contribution >= 0.6 is 0 Å². The van der Waals surface area contributed by atoms with Gasteiger partial charge in [-0.2, -0.15) is 10.2 Å². The van der Waals surface area contributed by atoms with E-state index < -0.39 is 0 Å². The van der Waals surface area contributed by atoms with E-state index >= 15 is 0 Å². The summed E-state index contributed by atoms with van der Waals surface area (Å²) in [5.74, 6) is 0.565. The molecule has 144 valence electrons. The minimum Gasteiger partial charge on any atom is -0.464 e. The van der Waals surface area contributed by atoms with Crippen LogP contribution in [0.25, 0.3) is 22.2 Å². The Morgan fingerprint density at radius 1 is 1.32 bits per heavy atom. The maximum Gasteiger partial charge on any atom is 0.247 e. The quantitative estimate of drug-likeness (QED) is 0.530. The molecule has 1 N–H and O–H groups in total. The summed E-state index contributed by atoms with van der Waals surface area (Å²) in [5.41, 5.74) is 3.27. The highest BCUT2D eigenvalue weighted by Crippen LogP contribution is 2.26. The average Bonchev–Trinajstić information content (AvgIpc) is 3.39. The predicted octanol–water partition coefficient (Wildman–Crippen LogP) is 3.64. The minimum atomic E-state index is -0.151. The lowest BCUT2D eigenvalue weighted by Crippen LogP contribution is -2.21. The molecule has 0 saturated carbocycles. The third-order valence-corrected chi connectivity index (χ3v) is 4.49. The lowest BCUT2D eigenvalue weighted by molar-refractivity contribution is -0.116. The molecule has 4 aromatic heterocycles. The number of nitrogens with one attached hydrogen (secondary N) is 1. The second-order valence-corrected chi connectivity index (χ2v) is 6.71. The molecule has 0 spiro atoms. The van der Waals surface area contributed by atoms with Gasteiger partial charge < -0.3 is 9.73 Å². The molecule has 0 aromatic carbocycles. The summed E-state index contributed by atoms with van der Waals surface area (Å²) in [7, 11) is 0. The van der Waals surface area contributed by atoms with Crippen molar-refractivity contribution in [1.82, 2.24) is 24.5 Å². The number of rotatable bonds is 7. The summed E-state index contributed by atoms with van der Waals surface area (Å²) < 4.78 is 8.86. The Labute approximate surface area is 162 Å². The van der Waals surface area contributed by atoms with Crippen LogP contribution in [0.2, 0.25) is 0 Å². The second kappa shape index (κ2) is 7.67. The Hall–Kier alpha value is -3.42. The lowest BCUT2D eigenvalue weighted by Gasteiger charge is -2.08. The maximum atomic E-state index is 12.5. The zero-order chi connectivity index (χ0) is 19.5. The summed E-state index contributed by atoms with van der Waals surface area (Å²) in [5, 5.41) is 12.6. The Kier molecular flexibility index (Phi) is 4.92. The molecule has 0 radical (unpaired) electrons. The molecule has 1 amide bonds. The van der Waals surface area contributed by atoms with Crippen LogP contribution in [-0.2, 0) is 17.9 Å². The third-order valence-electron chi connectivity index (χ3n) is 4.49. The first-order chi connectivity index (χ1) is 13.6. The number of hydrogen-bond donors (Lipinski definition) is 1. The van der Waals surface area contributed by atoms with Gasteiger partial charge in [0, 0.05) is 36.0 Å². The van der Waals surface area contributed by atoms with E-state index in [2.05, 4.69) is 27.4 Å². The van der Waals surface area contributed by atoms with E-state index in [1.165, 1.54) is 0 Å². The predicted molar refractivity (Wildman–Crippen MR) is 106 cm³/mol. The summed E-state index contributed by atoms with van der Waals surface area (Å²) in [6.45, 7) is 4.94. The fourth-order valence-electron chi connectivity index (χ4n) is 3.15. The molecule has 0 aliphatic rings. The van der Waals surface area contributed by atoms with Gasteiger partial charge in [0.25, 0.3) is 0 Å². The molecular formula is C20H22N6O2. The smallest absolute Gasteiger partial charge is 0.247 e. The molecule has 4 heterocycles. The Balaban J connectivity index is 1.47. The molecule has 0 unspecified atom stereocenters. The SMILES string of the molecule is CCCCn1nc(C)cc1NC(=O)Cn1cc(-c2nccc3occc23)cn1. The number of amides is 1. The van der Waals surface area contributed by atoms with E-state index in [4.69, 9.17) is 4.42 Å². The highest BCUT2D eigenvalue weighted by atomic mass is 16.3. The number of furan rings is 1. The van der Waals surface area contributed by atoms with Crippen molar-refractivity contribution in [2.75, 3.05) is 5.32 Å². The van der Waals surface area contributed by atoms with Gasteiger partial charge >= 0.3 is 0 Å². The number of fused-ring (bicyclic) bond motifs is 1. The monoisotopic (exact) mass is 378 g/mol. The summed E-state index contributed by atoms with van der Waals surface area (Å²) in [6, 6.07) is 5.58. The molecule has 4 aromatic rings. The van der Waals surface area contributed by atoms with Crippen LogP contribution in [0.5, 0.6) is 0 Å². The van der Waals surface area contributed by atoms with Gasteiger partial charge in [0.1, 0.15) is 17.9 Å². The highest BCUT2D eigenvalue weighted by Gasteiger charge is 2.13. The van der Waals surface area contributed by atoms with Crippen LogP contribution in [0.1, 0.15) is 25.5 Å².